The molecule has 1 unspecified atom stereocenters. The molecule has 2 aliphatic heterocycles. The first-order valence-electron chi connectivity index (χ1n) is 9.26. The third-order valence-electron chi connectivity index (χ3n) is 5.26. The van der Waals surface area contributed by atoms with Gasteiger partial charge < -0.3 is 9.64 Å². The van der Waals surface area contributed by atoms with Crippen LogP contribution in [0.25, 0.3) is 0 Å². The highest BCUT2D eigenvalue weighted by Crippen LogP contribution is 2.24. The fourth-order valence-electron chi connectivity index (χ4n) is 3.82. The number of nitrogens with zero attached hydrogens (tertiary/aromatic N) is 2. The molecule has 2 heterocycles. The molecule has 2 saturated heterocycles. The monoisotopic (exact) mass is 354 g/mol. The molecule has 2 fully saturated rings. The molecule has 5 heteroatoms. The molecule has 1 atom stereocenters. The zero-order valence-corrected chi connectivity index (χ0v) is 14.7. The first-order valence-corrected chi connectivity index (χ1v) is 9.26. The predicted molar refractivity (Wildman–Crippen MR) is 98.0 cm³/mol. The summed E-state index contributed by atoms with van der Waals surface area (Å²) in [7, 11) is 0. The van der Waals surface area contributed by atoms with Crippen LogP contribution in [0.15, 0.2) is 48.5 Å². The average Bonchev–Trinajstić information content (AvgIpc) is 3.35. The second kappa shape index (κ2) is 7.46. The van der Waals surface area contributed by atoms with E-state index < -0.39 is 0 Å². The number of likely N-dealkylation sites (tertiary alicyclic amines) is 2. The largest absolute Gasteiger partial charge is 0.457 e. The van der Waals surface area contributed by atoms with Gasteiger partial charge >= 0.3 is 0 Å². The second-order valence-corrected chi connectivity index (χ2v) is 7.02. The minimum Gasteiger partial charge on any atom is -0.457 e. The van der Waals surface area contributed by atoms with E-state index in [1.54, 1.807) is 36.4 Å². The first kappa shape index (κ1) is 17.0. The Morgan fingerprint density at radius 2 is 1.54 bits per heavy atom. The maximum atomic E-state index is 12.9. The molecule has 26 heavy (non-hydrogen) atoms. The molecule has 4 nitrogen and oxygen atoms in total. The lowest BCUT2D eigenvalue weighted by Gasteiger charge is -2.23. The number of hydrogen-bond acceptors (Lipinski definition) is 3. The van der Waals surface area contributed by atoms with Crippen molar-refractivity contribution in [3.63, 3.8) is 0 Å². The van der Waals surface area contributed by atoms with Crippen LogP contribution in [-0.4, -0.2) is 47.9 Å². The van der Waals surface area contributed by atoms with Gasteiger partial charge in [0.15, 0.2) is 0 Å². The second-order valence-electron chi connectivity index (χ2n) is 7.02. The average molecular weight is 354 g/mol. The number of carbonyl (C=O) groups is 1. The van der Waals surface area contributed by atoms with Gasteiger partial charge in [0.1, 0.15) is 17.3 Å². The standard InChI is InChI=1S/C21H23FN2O2/c22-17-5-9-20(10-6-17)26-19-7-3-16(4-8-19)21(25)24-14-11-18(15-24)23-12-1-2-13-23/h3-10,18H,1-2,11-15H2. The van der Waals surface area contributed by atoms with E-state index in [9.17, 15) is 9.18 Å². The van der Waals surface area contributed by atoms with E-state index in [4.69, 9.17) is 4.74 Å². The van der Waals surface area contributed by atoms with Crippen LogP contribution in [0.1, 0.15) is 29.6 Å². The van der Waals surface area contributed by atoms with Gasteiger partial charge in [0, 0.05) is 24.7 Å². The van der Waals surface area contributed by atoms with Crippen molar-refractivity contribution >= 4 is 5.91 Å². The first-order chi connectivity index (χ1) is 12.7. The maximum Gasteiger partial charge on any atom is 0.253 e. The highest BCUT2D eigenvalue weighted by atomic mass is 19.1. The van der Waals surface area contributed by atoms with Crippen molar-refractivity contribution in [3.8, 4) is 11.5 Å². The van der Waals surface area contributed by atoms with Crippen molar-refractivity contribution in [1.82, 2.24) is 9.80 Å². The zero-order valence-electron chi connectivity index (χ0n) is 14.7. The van der Waals surface area contributed by atoms with E-state index in [1.807, 2.05) is 4.90 Å². The summed E-state index contributed by atoms with van der Waals surface area (Å²) in [6, 6.07) is 13.6. The highest BCUT2D eigenvalue weighted by Gasteiger charge is 2.31. The minimum absolute atomic E-state index is 0.0834. The lowest BCUT2D eigenvalue weighted by molar-refractivity contribution is 0.0780. The summed E-state index contributed by atoms with van der Waals surface area (Å²) in [5, 5.41) is 0. The quantitative estimate of drug-likeness (QED) is 0.834. The number of rotatable bonds is 4. The third kappa shape index (κ3) is 3.73. The summed E-state index contributed by atoms with van der Waals surface area (Å²) in [5.41, 5.74) is 0.679. The molecule has 4 rings (SSSR count). The number of carbonyl (C=O) groups excluding carboxylic acids is 1. The molecule has 0 radical (unpaired) electrons. The van der Waals surface area contributed by atoms with Crippen LogP contribution >= 0.6 is 0 Å². The van der Waals surface area contributed by atoms with Crippen molar-refractivity contribution in [2.45, 2.75) is 25.3 Å². The van der Waals surface area contributed by atoms with Crippen LogP contribution in [0, 0.1) is 5.82 Å². The van der Waals surface area contributed by atoms with Gasteiger partial charge in [-0.3, -0.25) is 9.69 Å². The molecular weight excluding hydrogens is 331 g/mol. The SMILES string of the molecule is O=C(c1ccc(Oc2ccc(F)cc2)cc1)N1CCC(N2CCCC2)C1. The van der Waals surface area contributed by atoms with Crippen LogP contribution in [-0.2, 0) is 0 Å². The summed E-state index contributed by atoms with van der Waals surface area (Å²) < 4.78 is 18.6. The number of hydrogen-bond donors (Lipinski definition) is 0. The minimum atomic E-state index is -0.295. The Hall–Kier alpha value is -2.40. The van der Waals surface area contributed by atoms with Crippen molar-refractivity contribution in [2.75, 3.05) is 26.2 Å². The third-order valence-corrected chi connectivity index (χ3v) is 5.26. The molecule has 2 aromatic rings. The normalized spacial score (nSPS) is 20.5. The van der Waals surface area contributed by atoms with E-state index in [-0.39, 0.29) is 11.7 Å². The van der Waals surface area contributed by atoms with Gasteiger partial charge in [-0.2, -0.15) is 0 Å². The van der Waals surface area contributed by atoms with Crippen LogP contribution in [0.5, 0.6) is 11.5 Å². The molecule has 1 amide bonds. The summed E-state index contributed by atoms with van der Waals surface area (Å²) in [6.45, 7) is 3.99. The molecule has 0 spiro atoms. The molecule has 2 aliphatic rings. The molecule has 0 N–H and O–H groups in total. The number of benzene rings is 2. The van der Waals surface area contributed by atoms with Gasteiger partial charge in [0.05, 0.1) is 0 Å². The highest BCUT2D eigenvalue weighted by molar-refractivity contribution is 5.94. The van der Waals surface area contributed by atoms with E-state index in [0.29, 0.717) is 23.1 Å². The van der Waals surface area contributed by atoms with Gasteiger partial charge in [-0.15, -0.1) is 0 Å². The Morgan fingerprint density at radius 3 is 2.19 bits per heavy atom. The van der Waals surface area contributed by atoms with Crippen molar-refractivity contribution < 1.29 is 13.9 Å². The Balaban J connectivity index is 1.37. The molecule has 0 aromatic heterocycles. The zero-order chi connectivity index (χ0) is 17.9. The van der Waals surface area contributed by atoms with E-state index in [1.165, 1.54) is 38.1 Å². The molecular formula is C21H23FN2O2. The Morgan fingerprint density at radius 1 is 0.923 bits per heavy atom. The van der Waals surface area contributed by atoms with E-state index >= 15 is 0 Å². The van der Waals surface area contributed by atoms with Crippen molar-refractivity contribution in [1.29, 1.82) is 0 Å². The van der Waals surface area contributed by atoms with Crippen LogP contribution in [0.3, 0.4) is 0 Å². The van der Waals surface area contributed by atoms with Gasteiger partial charge in [-0.1, -0.05) is 0 Å². The van der Waals surface area contributed by atoms with Crippen molar-refractivity contribution in [3.05, 3.63) is 59.9 Å². The van der Waals surface area contributed by atoms with E-state index in [0.717, 1.165) is 19.5 Å². The lowest BCUT2D eigenvalue weighted by Crippen LogP contribution is -2.37. The number of halogens is 1. The lowest BCUT2D eigenvalue weighted by atomic mass is 10.2. The summed E-state index contributed by atoms with van der Waals surface area (Å²) >= 11 is 0. The molecule has 136 valence electrons. The van der Waals surface area contributed by atoms with Crippen LogP contribution in [0.2, 0.25) is 0 Å². The summed E-state index contributed by atoms with van der Waals surface area (Å²) in [5.74, 6) is 0.985. The summed E-state index contributed by atoms with van der Waals surface area (Å²) in [6.07, 6.45) is 3.62. The summed E-state index contributed by atoms with van der Waals surface area (Å²) in [4.78, 5) is 17.2. The Bertz CT molecular complexity index is 755. The fraction of sp³-hybridized carbons (Fsp3) is 0.381. The van der Waals surface area contributed by atoms with Gasteiger partial charge in [0.25, 0.3) is 5.91 Å². The topological polar surface area (TPSA) is 32.8 Å². The molecule has 0 aliphatic carbocycles. The smallest absolute Gasteiger partial charge is 0.253 e. The molecule has 2 aromatic carbocycles. The van der Waals surface area contributed by atoms with Crippen molar-refractivity contribution in [2.24, 2.45) is 0 Å². The number of ether oxygens (including phenoxy) is 1. The molecule has 0 saturated carbocycles. The maximum absolute atomic E-state index is 12.9. The fourth-order valence-corrected chi connectivity index (χ4v) is 3.82. The van der Waals surface area contributed by atoms with Gasteiger partial charge in [-0.25, -0.2) is 4.39 Å². The van der Waals surface area contributed by atoms with Crippen LogP contribution in [0.4, 0.5) is 4.39 Å². The van der Waals surface area contributed by atoms with Gasteiger partial charge in [0.2, 0.25) is 0 Å². The Labute approximate surface area is 153 Å². The van der Waals surface area contributed by atoms with Gasteiger partial charge in [-0.05, 0) is 80.9 Å². The number of amides is 1. The van der Waals surface area contributed by atoms with Crippen LogP contribution < -0.4 is 4.74 Å². The van der Waals surface area contributed by atoms with E-state index in [2.05, 4.69) is 4.90 Å². The molecule has 0 bridgehead atoms. The Kier molecular flexibility index (Phi) is 4.89. The predicted octanol–water partition coefficient (Wildman–Crippen LogP) is 3.93.